The molecule has 0 radical (unpaired) electrons. The molecule has 1 aromatic heterocycles. The highest BCUT2D eigenvalue weighted by atomic mass is 35.5. The summed E-state index contributed by atoms with van der Waals surface area (Å²) < 4.78 is 46.9. The van der Waals surface area contributed by atoms with Crippen LogP contribution >= 0.6 is 23.4 Å². The SMILES string of the molecule is FC(F)(F)c1ccc2c(c1)nc(CSc1ccc(Cl)cc1)n2CCCN1CCOCC1. The zero-order valence-electron chi connectivity index (χ0n) is 16.9. The van der Waals surface area contributed by atoms with Crippen LogP contribution in [0.5, 0.6) is 0 Å². The first-order valence-electron chi connectivity index (χ1n) is 10.1. The summed E-state index contributed by atoms with van der Waals surface area (Å²) in [4.78, 5) is 7.96. The Balaban J connectivity index is 1.55. The van der Waals surface area contributed by atoms with E-state index in [2.05, 4.69) is 14.5 Å². The highest BCUT2D eigenvalue weighted by Crippen LogP contribution is 2.32. The van der Waals surface area contributed by atoms with E-state index in [0.29, 0.717) is 22.8 Å². The maximum Gasteiger partial charge on any atom is 0.416 e. The lowest BCUT2D eigenvalue weighted by molar-refractivity contribution is -0.137. The molecule has 4 nitrogen and oxygen atoms in total. The minimum atomic E-state index is -4.38. The standard InChI is InChI=1S/C22H23ClF3N3OS/c23-17-3-5-18(6-4-17)31-15-21-27-19-14-16(22(24,25)26)2-7-20(19)29(21)9-1-8-28-10-12-30-13-11-28/h2-7,14H,1,8-13,15H2. The second kappa shape index (κ2) is 9.81. The van der Waals surface area contributed by atoms with Gasteiger partial charge in [-0.05, 0) is 48.9 Å². The molecule has 0 atom stereocenters. The van der Waals surface area contributed by atoms with Crippen molar-refractivity contribution in [1.29, 1.82) is 0 Å². The summed E-state index contributed by atoms with van der Waals surface area (Å²) >= 11 is 7.54. The number of hydrogen-bond donors (Lipinski definition) is 0. The molecule has 2 heterocycles. The Morgan fingerprint density at radius 1 is 1.03 bits per heavy atom. The van der Waals surface area contributed by atoms with Gasteiger partial charge >= 0.3 is 6.18 Å². The van der Waals surface area contributed by atoms with E-state index < -0.39 is 11.7 Å². The maximum atomic E-state index is 13.2. The Morgan fingerprint density at radius 2 is 1.77 bits per heavy atom. The van der Waals surface area contributed by atoms with Crippen molar-refractivity contribution in [3.05, 3.63) is 58.9 Å². The molecule has 1 aliphatic rings. The number of aryl methyl sites for hydroxylation is 1. The molecule has 166 valence electrons. The van der Waals surface area contributed by atoms with Crippen LogP contribution in [0.3, 0.4) is 0 Å². The molecule has 0 saturated carbocycles. The summed E-state index contributed by atoms with van der Waals surface area (Å²) in [5.74, 6) is 1.34. The van der Waals surface area contributed by atoms with E-state index in [1.54, 1.807) is 11.8 Å². The van der Waals surface area contributed by atoms with E-state index in [9.17, 15) is 13.2 Å². The van der Waals surface area contributed by atoms with Crippen molar-refractivity contribution in [1.82, 2.24) is 14.5 Å². The minimum Gasteiger partial charge on any atom is -0.379 e. The summed E-state index contributed by atoms with van der Waals surface area (Å²) in [5.41, 5.74) is 0.449. The van der Waals surface area contributed by atoms with E-state index in [1.165, 1.54) is 6.07 Å². The Hall–Kier alpha value is -1.74. The predicted molar refractivity (Wildman–Crippen MR) is 118 cm³/mol. The lowest BCUT2D eigenvalue weighted by Crippen LogP contribution is -2.37. The molecule has 4 rings (SSSR count). The molecule has 31 heavy (non-hydrogen) atoms. The number of nitrogens with zero attached hydrogens (tertiary/aromatic N) is 3. The number of fused-ring (bicyclic) bond motifs is 1. The van der Waals surface area contributed by atoms with Crippen molar-refractivity contribution in [2.45, 2.75) is 29.8 Å². The Morgan fingerprint density at radius 3 is 2.48 bits per heavy atom. The van der Waals surface area contributed by atoms with E-state index in [0.717, 1.165) is 67.6 Å². The Kier molecular flexibility index (Phi) is 7.11. The van der Waals surface area contributed by atoms with Crippen LogP contribution in [0, 0.1) is 0 Å². The second-order valence-corrected chi connectivity index (χ2v) is 8.92. The first-order valence-corrected chi connectivity index (χ1v) is 11.5. The van der Waals surface area contributed by atoms with Gasteiger partial charge in [0.2, 0.25) is 0 Å². The largest absolute Gasteiger partial charge is 0.416 e. The number of benzene rings is 2. The lowest BCUT2D eigenvalue weighted by Gasteiger charge is -2.26. The summed E-state index contributed by atoms with van der Waals surface area (Å²) in [7, 11) is 0. The van der Waals surface area contributed by atoms with E-state index in [4.69, 9.17) is 16.3 Å². The Labute approximate surface area is 188 Å². The fraction of sp³-hybridized carbons (Fsp3) is 0.409. The van der Waals surface area contributed by atoms with Gasteiger partial charge in [0.05, 0.1) is 35.6 Å². The number of thioether (sulfide) groups is 1. The first-order chi connectivity index (χ1) is 14.9. The smallest absolute Gasteiger partial charge is 0.379 e. The van der Waals surface area contributed by atoms with Gasteiger partial charge in [0.25, 0.3) is 0 Å². The average Bonchev–Trinajstić information content (AvgIpc) is 3.10. The van der Waals surface area contributed by atoms with E-state index in [1.807, 2.05) is 24.3 Å². The van der Waals surface area contributed by atoms with Gasteiger partial charge in [-0.15, -0.1) is 11.8 Å². The monoisotopic (exact) mass is 469 g/mol. The molecular weight excluding hydrogens is 447 g/mol. The van der Waals surface area contributed by atoms with E-state index in [-0.39, 0.29) is 0 Å². The van der Waals surface area contributed by atoms with Crippen molar-refractivity contribution in [2.75, 3.05) is 32.8 Å². The number of hydrogen-bond acceptors (Lipinski definition) is 4. The second-order valence-electron chi connectivity index (χ2n) is 7.43. The molecule has 1 fully saturated rings. The lowest BCUT2D eigenvalue weighted by atomic mass is 10.2. The molecule has 0 aliphatic carbocycles. The highest BCUT2D eigenvalue weighted by molar-refractivity contribution is 7.98. The highest BCUT2D eigenvalue weighted by Gasteiger charge is 2.31. The quantitative estimate of drug-likeness (QED) is 0.414. The van der Waals surface area contributed by atoms with Gasteiger partial charge in [-0.3, -0.25) is 4.90 Å². The first kappa shape index (κ1) is 22.5. The van der Waals surface area contributed by atoms with Gasteiger partial charge in [-0.1, -0.05) is 11.6 Å². The average molecular weight is 470 g/mol. The van der Waals surface area contributed by atoms with Gasteiger partial charge in [-0.25, -0.2) is 4.98 Å². The topological polar surface area (TPSA) is 30.3 Å². The number of ether oxygens (including phenoxy) is 1. The number of halogens is 4. The summed E-state index contributed by atoms with van der Waals surface area (Å²) in [6.45, 7) is 4.95. The normalized spacial score (nSPS) is 15.6. The van der Waals surface area contributed by atoms with Crippen LogP contribution in [-0.2, 0) is 23.2 Å². The van der Waals surface area contributed by atoms with Crippen LogP contribution < -0.4 is 0 Å². The van der Waals surface area contributed by atoms with Crippen molar-refractivity contribution in [3.63, 3.8) is 0 Å². The minimum absolute atomic E-state index is 0.382. The van der Waals surface area contributed by atoms with Crippen molar-refractivity contribution in [2.24, 2.45) is 0 Å². The number of morpholine rings is 1. The zero-order chi connectivity index (χ0) is 21.8. The van der Waals surface area contributed by atoms with Crippen LogP contribution in [0.25, 0.3) is 11.0 Å². The fourth-order valence-electron chi connectivity index (χ4n) is 3.67. The van der Waals surface area contributed by atoms with Gasteiger partial charge in [-0.2, -0.15) is 13.2 Å². The van der Waals surface area contributed by atoms with Crippen LogP contribution in [0.1, 0.15) is 17.8 Å². The van der Waals surface area contributed by atoms with Crippen molar-refractivity contribution in [3.8, 4) is 0 Å². The number of aromatic nitrogens is 2. The van der Waals surface area contributed by atoms with Crippen molar-refractivity contribution >= 4 is 34.4 Å². The van der Waals surface area contributed by atoms with Crippen LogP contribution in [0.4, 0.5) is 13.2 Å². The van der Waals surface area contributed by atoms with Gasteiger partial charge in [0.15, 0.2) is 0 Å². The summed E-state index contributed by atoms with van der Waals surface area (Å²) in [5, 5.41) is 0.666. The predicted octanol–water partition coefficient (Wildman–Crippen LogP) is 5.72. The zero-order valence-corrected chi connectivity index (χ0v) is 18.4. The molecule has 1 saturated heterocycles. The van der Waals surface area contributed by atoms with E-state index >= 15 is 0 Å². The molecule has 1 aliphatic heterocycles. The van der Waals surface area contributed by atoms with Crippen molar-refractivity contribution < 1.29 is 17.9 Å². The van der Waals surface area contributed by atoms with Crippen LogP contribution in [0.15, 0.2) is 47.4 Å². The molecule has 0 spiro atoms. The molecule has 0 bridgehead atoms. The molecular formula is C22H23ClF3N3OS. The molecule has 9 heteroatoms. The third-order valence-electron chi connectivity index (χ3n) is 5.30. The van der Waals surface area contributed by atoms with Crippen LogP contribution in [0.2, 0.25) is 5.02 Å². The third-order valence-corrected chi connectivity index (χ3v) is 6.56. The molecule has 0 unspecified atom stereocenters. The molecule has 0 amide bonds. The van der Waals surface area contributed by atoms with Gasteiger partial charge in [0, 0.05) is 36.1 Å². The Bertz CT molecular complexity index is 1020. The molecule has 0 N–H and O–H groups in total. The molecule has 2 aromatic carbocycles. The fourth-order valence-corrected chi connectivity index (χ4v) is 4.64. The summed E-state index contributed by atoms with van der Waals surface area (Å²) in [6.07, 6.45) is -3.49. The number of imidazole rings is 1. The number of alkyl halides is 3. The molecule has 3 aromatic rings. The van der Waals surface area contributed by atoms with Gasteiger partial charge in [0.1, 0.15) is 5.82 Å². The van der Waals surface area contributed by atoms with Gasteiger partial charge < -0.3 is 9.30 Å². The third kappa shape index (κ3) is 5.74. The van der Waals surface area contributed by atoms with Crippen LogP contribution in [-0.4, -0.2) is 47.3 Å². The number of rotatable bonds is 7. The summed E-state index contributed by atoms with van der Waals surface area (Å²) in [6, 6.07) is 11.3. The maximum absolute atomic E-state index is 13.2.